The van der Waals surface area contributed by atoms with Gasteiger partial charge in [0.15, 0.2) is 5.82 Å². The molecule has 1 N–H and O–H groups in total. The van der Waals surface area contributed by atoms with Crippen molar-refractivity contribution in [3.05, 3.63) is 17.6 Å². The normalized spacial score (nSPS) is 17.9. The summed E-state index contributed by atoms with van der Waals surface area (Å²) in [4.78, 5) is 9.19. The molecule has 1 aliphatic rings. The van der Waals surface area contributed by atoms with Gasteiger partial charge in [0.25, 0.3) is 0 Å². The van der Waals surface area contributed by atoms with Crippen LogP contribution in [0, 0.1) is 5.92 Å². The van der Waals surface area contributed by atoms with Crippen molar-refractivity contribution in [2.45, 2.75) is 44.8 Å². The molecule has 1 atom stereocenters. The average molecular weight is 279 g/mol. The Balaban J connectivity index is 2.24. The molecule has 0 spiro atoms. The fourth-order valence-corrected chi connectivity index (χ4v) is 2.94. The summed E-state index contributed by atoms with van der Waals surface area (Å²) in [6.07, 6.45) is 6.28. The van der Waals surface area contributed by atoms with E-state index >= 15 is 0 Å². The molecule has 20 heavy (non-hydrogen) atoms. The molecule has 1 heterocycles. The number of hydrogen-bond acceptors (Lipinski definition) is 5. The van der Waals surface area contributed by atoms with E-state index in [-0.39, 0.29) is 6.10 Å². The minimum atomic E-state index is -0.0146. The van der Waals surface area contributed by atoms with E-state index in [0.29, 0.717) is 12.5 Å². The lowest BCUT2D eigenvalue weighted by atomic mass is 9.85. The van der Waals surface area contributed by atoms with Crippen LogP contribution in [0.5, 0.6) is 0 Å². The fourth-order valence-electron chi connectivity index (χ4n) is 2.94. The number of anilines is 1. The van der Waals surface area contributed by atoms with Crippen LogP contribution in [0.2, 0.25) is 0 Å². The van der Waals surface area contributed by atoms with Gasteiger partial charge in [-0.1, -0.05) is 19.3 Å². The summed E-state index contributed by atoms with van der Waals surface area (Å²) in [6.45, 7) is 0.491. The highest BCUT2D eigenvalue weighted by Gasteiger charge is 2.27. The van der Waals surface area contributed by atoms with Crippen LogP contribution in [-0.2, 0) is 16.1 Å². The van der Waals surface area contributed by atoms with Gasteiger partial charge in [-0.15, -0.1) is 0 Å². The lowest BCUT2D eigenvalue weighted by Gasteiger charge is -2.28. The van der Waals surface area contributed by atoms with E-state index in [2.05, 4.69) is 15.3 Å². The molecule has 0 saturated heterocycles. The molecule has 0 aromatic carbocycles. The van der Waals surface area contributed by atoms with Gasteiger partial charge in [0.05, 0.1) is 12.3 Å². The van der Waals surface area contributed by atoms with Gasteiger partial charge in [0, 0.05) is 27.3 Å². The summed E-state index contributed by atoms with van der Waals surface area (Å²) < 4.78 is 10.9. The second-order valence-electron chi connectivity index (χ2n) is 5.34. The molecular formula is C15H25N3O2. The first kappa shape index (κ1) is 15.2. The van der Waals surface area contributed by atoms with E-state index in [1.54, 1.807) is 14.2 Å². The maximum atomic E-state index is 5.71. The summed E-state index contributed by atoms with van der Waals surface area (Å²) in [5, 5.41) is 3.09. The minimum absolute atomic E-state index is 0.0146. The Morgan fingerprint density at radius 3 is 2.60 bits per heavy atom. The van der Waals surface area contributed by atoms with E-state index < -0.39 is 0 Å². The molecule has 0 bridgehead atoms. The fraction of sp³-hybridized carbons (Fsp3) is 0.733. The van der Waals surface area contributed by atoms with Crippen LogP contribution in [-0.4, -0.2) is 31.2 Å². The zero-order valence-electron chi connectivity index (χ0n) is 12.7. The molecule has 1 aromatic rings. The van der Waals surface area contributed by atoms with Crippen molar-refractivity contribution in [1.29, 1.82) is 0 Å². The van der Waals surface area contributed by atoms with Gasteiger partial charge >= 0.3 is 0 Å². The molecule has 5 heteroatoms. The second-order valence-corrected chi connectivity index (χ2v) is 5.34. The topological polar surface area (TPSA) is 56.3 Å². The predicted octanol–water partition coefficient (Wildman–Crippen LogP) is 2.93. The van der Waals surface area contributed by atoms with Crippen molar-refractivity contribution >= 4 is 5.82 Å². The van der Waals surface area contributed by atoms with E-state index in [4.69, 9.17) is 9.47 Å². The van der Waals surface area contributed by atoms with E-state index in [1.807, 2.05) is 13.1 Å². The lowest BCUT2D eigenvalue weighted by Crippen LogP contribution is -2.21. The number of nitrogens with zero attached hydrogens (tertiary/aromatic N) is 2. The van der Waals surface area contributed by atoms with Gasteiger partial charge in [0.1, 0.15) is 11.9 Å². The van der Waals surface area contributed by atoms with Crippen LogP contribution in [0.1, 0.15) is 49.7 Å². The molecule has 0 amide bonds. The van der Waals surface area contributed by atoms with E-state index in [1.165, 1.54) is 32.1 Å². The van der Waals surface area contributed by atoms with Crippen LogP contribution in [0.25, 0.3) is 0 Å². The van der Waals surface area contributed by atoms with Crippen LogP contribution < -0.4 is 5.32 Å². The number of aromatic nitrogens is 2. The van der Waals surface area contributed by atoms with Crippen molar-refractivity contribution < 1.29 is 9.47 Å². The molecular weight excluding hydrogens is 254 g/mol. The van der Waals surface area contributed by atoms with Crippen molar-refractivity contribution in [3.63, 3.8) is 0 Å². The smallest absolute Gasteiger partial charge is 0.160 e. The Labute approximate surface area is 121 Å². The van der Waals surface area contributed by atoms with E-state index in [9.17, 15) is 0 Å². The zero-order chi connectivity index (χ0) is 14.4. The summed E-state index contributed by atoms with van der Waals surface area (Å²) in [6, 6.07) is 1.92. The van der Waals surface area contributed by atoms with Crippen molar-refractivity contribution in [2.24, 2.45) is 5.92 Å². The quantitative estimate of drug-likeness (QED) is 0.867. The van der Waals surface area contributed by atoms with Crippen LogP contribution in [0.15, 0.2) is 6.07 Å². The van der Waals surface area contributed by atoms with Gasteiger partial charge in [-0.05, 0) is 18.8 Å². The summed E-state index contributed by atoms with van der Waals surface area (Å²) in [5.74, 6) is 2.12. The third kappa shape index (κ3) is 3.67. The third-order valence-electron chi connectivity index (χ3n) is 3.93. The highest BCUT2D eigenvalue weighted by atomic mass is 16.5. The summed E-state index contributed by atoms with van der Waals surface area (Å²) >= 11 is 0. The van der Waals surface area contributed by atoms with Gasteiger partial charge in [0.2, 0.25) is 0 Å². The molecule has 112 valence electrons. The molecule has 1 saturated carbocycles. The first-order chi connectivity index (χ1) is 9.78. The zero-order valence-corrected chi connectivity index (χ0v) is 12.7. The average Bonchev–Trinajstić information content (AvgIpc) is 2.49. The molecule has 1 fully saturated rings. The van der Waals surface area contributed by atoms with Gasteiger partial charge in [-0.25, -0.2) is 9.97 Å². The number of nitrogens with one attached hydrogen (secondary N) is 1. The molecule has 5 nitrogen and oxygen atoms in total. The number of methoxy groups -OCH3 is 2. The maximum Gasteiger partial charge on any atom is 0.160 e. The van der Waals surface area contributed by atoms with Crippen LogP contribution >= 0.6 is 0 Å². The first-order valence-corrected chi connectivity index (χ1v) is 7.35. The van der Waals surface area contributed by atoms with Crippen LogP contribution in [0.4, 0.5) is 5.82 Å². The Bertz CT molecular complexity index is 420. The lowest BCUT2D eigenvalue weighted by molar-refractivity contribution is 0.0286. The highest BCUT2D eigenvalue weighted by molar-refractivity contribution is 5.35. The number of hydrogen-bond donors (Lipinski definition) is 1. The van der Waals surface area contributed by atoms with Gasteiger partial charge < -0.3 is 14.8 Å². The Morgan fingerprint density at radius 1 is 1.25 bits per heavy atom. The largest absolute Gasteiger partial charge is 0.378 e. The molecule has 1 aromatic heterocycles. The predicted molar refractivity (Wildman–Crippen MR) is 78.6 cm³/mol. The Kier molecular flexibility index (Phi) is 5.73. The van der Waals surface area contributed by atoms with Crippen molar-refractivity contribution in [3.8, 4) is 0 Å². The molecule has 1 unspecified atom stereocenters. The Hall–Kier alpha value is -1.20. The van der Waals surface area contributed by atoms with E-state index in [0.717, 1.165) is 17.3 Å². The summed E-state index contributed by atoms with van der Waals surface area (Å²) in [7, 11) is 5.30. The van der Waals surface area contributed by atoms with Crippen molar-refractivity contribution in [2.75, 3.05) is 26.6 Å². The first-order valence-electron chi connectivity index (χ1n) is 7.35. The Morgan fingerprint density at radius 2 is 2.00 bits per heavy atom. The third-order valence-corrected chi connectivity index (χ3v) is 3.93. The van der Waals surface area contributed by atoms with Gasteiger partial charge in [-0.2, -0.15) is 0 Å². The van der Waals surface area contributed by atoms with Crippen molar-refractivity contribution in [1.82, 2.24) is 9.97 Å². The monoisotopic (exact) mass is 279 g/mol. The SMILES string of the molecule is CNc1cc(COC)nc(C(OC)C2CCCCC2)n1. The maximum absolute atomic E-state index is 5.71. The molecule has 1 aliphatic carbocycles. The molecule has 0 aliphatic heterocycles. The second kappa shape index (κ2) is 7.55. The van der Waals surface area contributed by atoms with Crippen LogP contribution in [0.3, 0.4) is 0 Å². The standard InChI is InChI=1S/C15H25N3O2/c1-16-13-9-12(10-19-2)17-15(18-13)14(20-3)11-7-5-4-6-8-11/h9,11,14H,4-8,10H2,1-3H3,(H,16,17,18). The molecule has 2 rings (SSSR count). The summed E-state index contributed by atoms with van der Waals surface area (Å²) in [5.41, 5.74) is 0.889. The number of rotatable bonds is 6. The van der Waals surface area contributed by atoms with Gasteiger partial charge in [-0.3, -0.25) is 0 Å². The number of ether oxygens (including phenoxy) is 2. The highest BCUT2D eigenvalue weighted by Crippen LogP contribution is 2.35. The minimum Gasteiger partial charge on any atom is -0.378 e. The molecule has 0 radical (unpaired) electrons.